The van der Waals surface area contributed by atoms with E-state index in [0.717, 1.165) is 31.8 Å². The van der Waals surface area contributed by atoms with Crippen LogP contribution in [0.25, 0.3) is 0 Å². The second-order valence-corrected chi connectivity index (χ2v) is 4.37. The van der Waals surface area contributed by atoms with Gasteiger partial charge in [-0.05, 0) is 36.5 Å². The summed E-state index contributed by atoms with van der Waals surface area (Å²) in [6.07, 6.45) is 2.11. The lowest BCUT2D eigenvalue weighted by Gasteiger charge is -2.30. The Morgan fingerprint density at radius 3 is 2.47 bits per heavy atom. The molecule has 1 aromatic carbocycles. The normalized spacial score (nSPS) is 18.9. The molecule has 1 heterocycles. The van der Waals surface area contributed by atoms with E-state index in [-0.39, 0.29) is 6.04 Å². The number of hydrazine groups is 1. The van der Waals surface area contributed by atoms with Crippen LogP contribution >= 0.6 is 0 Å². The first kappa shape index (κ1) is 12.4. The molecule has 2 rings (SSSR count). The van der Waals surface area contributed by atoms with Crippen molar-refractivity contribution in [2.24, 2.45) is 11.8 Å². The van der Waals surface area contributed by atoms with Crippen molar-refractivity contribution in [3.8, 4) is 5.75 Å². The number of nitrogens with one attached hydrogen (secondary N) is 1. The predicted molar refractivity (Wildman–Crippen MR) is 66.6 cm³/mol. The number of methoxy groups -OCH3 is 1. The minimum atomic E-state index is 0.199. The van der Waals surface area contributed by atoms with Gasteiger partial charge in [-0.25, -0.2) is 0 Å². The van der Waals surface area contributed by atoms with Gasteiger partial charge >= 0.3 is 0 Å². The van der Waals surface area contributed by atoms with Crippen LogP contribution in [-0.4, -0.2) is 20.3 Å². The molecule has 1 atom stereocenters. The molecule has 17 heavy (non-hydrogen) atoms. The molecular weight excluding hydrogens is 216 g/mol. The second kappa shape index (κ2) is 6.00. The van der Waals surface area contributed by atoms with E-state index >= 15 is 0 Å². The van der Waals surface area contributed by atoms with E-state index in [4.69, 9.17) is 15.3 Å². The average molecular weight is 236 g/mol. The van der Waals surface area contributed by atoms with Crippen LogP contribution in [0.15, 0.2) is 24.3 Å². The number of hydrogen-bond acceptors (Lipinski definition) is 4. The average Bonchev–Trinajstić information content (AvgIpc) is 2.42. The molecule has 94 valence electrons. The lowest BCUT2D eigenvalue weighted by molar-refractivity contribution is 0.0536. The standard InChI is InChI=1S/C13H20N2O2/c1-16-12-4-2-10(3-5-12)13(15-14)11-6-8-17-9-7-11/h2-5,11,13,15H,6-9,14H2,1H3. The molecule has 1 fully saturated rings. The first-order chi connectivity index (χ1) is 8.35. The van der Waals surface area contributed by atoms with Crippen LogP contribution in [0.5, 0.6) is 5.75 Å². The summed E-state index contributed by atoms with van der Waals surface area (Å²) in [6.45, 7) is 1.66. The molecule has 0 aromatic heterocycles. The van der Waals surface area contributed by atoms with Crippen LogP contribution in [0.2, 0.25) is 0 Å². The molecule has 4 heteroatoms. The highest BCUT2D eigenvalue weighted by Crippen LogP contribution is 2.30. The monoisotopic (exact) mass is 236 g/mol. The third kappa shape index (κ3) is 2.97. The van der Waals surface area contributed by atoms with E-state index in [1.54, 1.807) is 7.11 Å². The van der Waals surface area contributed by atoms with Crippen molar-refractivity contribution in [2.45, 2.75) is 18.9 Å². The van der Waals surface area contributed by atoms with E-state index in [1.807, 2.05) is 12.1 Å². The summed E-state index contributed by atoms with van der Waals surface area (Å²) in [5.74, 6) is 7.10. The van der Waals surface area contributed by atoms with Crippen molar-refractivity contribution in [1.82, 2.24) is 5.43 Å². The third-order valence-electron chi connectivity index (χ3n) is 3.39. The number of hydrogen-bond donors (Lipinski definition) is 2. The van der Waals surface area contributed by atoms with E-state index in [1.165, 1.54) is 5.56 Å². The Hall–Kier alpha value is -1.10. The maximum Gasteiger partial charge on any atom is 0.118 e. The largest absolute Gasteiger partial charge is 0.497 e. The van der Waals surface area contributed by atoms with Crippen LogP contribution in [0.4, 0.5) is 0 Å². The summed E-state index contributed by atoms with van der Waals surface area (Å²) in [5.41, 5.74) is 4.14. The second-order valence-electron chi connectivity index (χ2n) is 4.37. The van der Waals surface area contributed by atoms with Gasteiger partial charge in [-0.1, -0.05) is 12.1 Å². The van der Waals surface area contributed by atoms with Gasteiger partial charge in [0.2, 0.25) is 0 Å². The van der Waals surface area contributed by atoms with Gasteiger partial charge in [0.15, 0.2) is 0 Å². The predicted octanol–water partition coefficient (Wildman–Crippen LogP) is 1.63. The molecule has 1 unspecified atom stereocenters. The van der Waals surface area contributed by atoms with Crippen LogP contribution in [0, 0.1) is 5.92 Å². The highest BCUT2D eigenvalue weighted by atomic mass is 16.5. The van der Waals surface area contributed by atoms with Gasteiger partial charge in [0, 0.05) is 19.3 Å². The molecule has 0 spiro atoms. The maximum atomic E-state index is 5.68. The Morgan fingerprint density at radius 2 is 1.94 bits per heavy atom. The van der Waals surface area contributed by atoms with Crippen LogP contribution in [-0.2, 0) is 4.74 Å². The third-order valence-corrected chi connectivity index (χ3v) is 3.39. The first-order valence-corrected chi connectivity index (χ1v) is 6.03. The number of ether oxygens (including phenoxy) is 2. The Bertz CT molecular complexity index is 334. The topological polar surface area (TPSA) is 56.5 Å². The lowest BCUT2D eigenvalue weighted by Crippen LogP contribution is -2.36. The van der Waals surface area contributed by atoms with Crippen molar-refractivity contribution >= 4 is 0 Å². The van der Waals surface area contributed by atoms with Crippen molar-refractivity contribution in [1.29, 1.82) is 0 Å². The van der Waals surface area contributed by atoms with Crippen LogP contribution < -0.4 is 16.0 Å². The molecule has 3 N–H and O–H groups in total. The Labute approximate surface area is 102 Å². The molecular formula is C13H20N2O2. The molecule has 0 amide bonds. The number of nitrogens with two attached hydrogens (primary N) is 1. The highest BCUT2D eigenvalue weighted by molar-refractivity contribution is 5.29. The zero-order valence-corrected chi connectivity index (χ0v) is 10.2. The molecule has 1 aromatic rings. The Balaban J connectivity index is 2.10. The zero-order chi connectivity index (χ0) is 12.1. The quantitative estimate of drug-likeness (QED) is 0.616. The van der Waals surface area contributed by atoms with Crippen molar-refractivity contribution in [2.75, 3.05) is 20.3 Å². The summed E-state index contributed by atoms with van der Waals surface area (Å²) in [5, 5.41) is 0. The van der Waals surface area contributed by atoms with Crippen molar-refractivity contribution in [3.05, 3.63) is 29.8 Å². The van der Waals surface area contributed by atoms with Gasteiger partial charge in [-0.15, -0.1) is 0 Å². The Kier molecular flexibility index (Phi) is 4.36. The molecule has 1 saturated heterocycles. The van der Waals surface area contributed by atoms with Crippen molar-refractivity contribution < 1.29 is 9.47 Å². The summed E-state index contributed by atoms with van der Waals surface area (Å²) < 4.78 is 10.5. The number of rotatable bonds is 4. The Morgan fingerprint density at radius 1 is 1.29 bits per heavy atom. The molecule has 0 saturated carbocycles. The minimum absolute atomic E-state index is 0.199. The fourth-order valence-electron chi connectivity index (χ4n) is 2.36. The molecule has 4 nitrogen and oxygen atoms in total. The summed E-state index contributed by atoms with van der Waals surface area (Å²) >= 11 is 0. The maximum absolute atomic E-state index is 5.68. The lowest BCUT2D eigenvalue weighted by atomic mass is 9.87. The fourth-order valence-corrected chi connectivity index (χ4v) is 2.36. The SMILES string of the molecule is COc1ccc(C(NN)C2CCOCC2)cc1. The first-order valence-electron chi connectivity index (χ1n) is 6.03. The van der Waals surface area contributed by atoms with Crippen LogP contribution in [0.3, 0.4) is 0 Å². The van der Waals surface area contributed by atoms with Gasteiger partial charge in [0.05, 0.1) is 7.11 Å². The summed E-state index contributed by atoms with van der Waals surface area (Å²) in [6, 6.07) is 8.28. The fraction of sp³-hybridized carbons (Fsp3) is 0.538. The molecule has 0 aliphatic carbocycles. The van der Waals surface area contributed by atoms with E-state index in [0.29, 0.717) is 5.92 Å². The van der Waals surface area contributed by atoms with E-state index in [2.05, 4.69) is 17.6 Å². The molecule has 0 bridgehead atoms. The highest BCUT2D eigenvalue weighted by Gasteiger charge is 2.24. The minimum Gasteiger partial charge on any atom is -0.497 e. The van der Waals surface area contributed by atoms with Gasteiger partial charge in [0.25, 0.3) is 0 Å². The zero-order valence-electron chi connectivity index (χ0n) is 10.2. The van der Waals surface area contributed by atoms with Crippen LogP contribution in [0.1, 0.15) is 24.4 Å². The van der Waals surface area contributed by atoms with Gasteiger partial charge < -0.3 is 9.47 Å². The molecule has 0 radical (unpaired) electrons. The van der Waals surface area contributed by atoms with Gasteiger partial charge in [-0.2, -0.15) is 0 Å². The number of benzene rings is 1. The van der Waals surface area contributed by atoms with E-state index < -0.39 is 0 Å². The smallest absolute Gasteiger partial charge is 0.118 e. The van der Waals surface area contributed by atoms with Crippen molar-refractivity contribution in [3.63, 3.8) is 0 Å². The van der Waals surface area contributed by atoms with Gasteiger partial charge in [0.1, 0.15) is 5.75 Å². The summed E-state index contributed by atoms with van der Waals surface area (Å²) in [7, 11) is 1.67. The van der Waals surface area contributed by atoms with Gasteiger partial charge in [-0.3, -0.25) is 11.3 Å². The summed E-state index contributed by atoms with van der Waals surface area (Å²) in [4.78, 5) is 0. The van der Waals surface area contributed by atoms with E-state index in [9.17, 15) is 0 Å². The molecule has 1 aliphatic heterocycles. The molecule has 1 aliphatic rings.